The van der Waals surface area contributed by atoms with Gasteiger partial charge in [-0.1, -0.05) is 82.2 Å². The molecule has 0 aliphatic rings. The van der Waals surface area contributed by atoms with Gasteiger partial charge in [0.05, 0.1) is 12.9 Å². The Hall–Kier alpha value is -0.720. The number of hydrogen-bond acceptors (Lipinski definition) is 1. The fourth-order valence-corrected chi connectivity index (χ4v) is 0.734. The normalized spacial score (nSPS) is 7.10. The van der Waals surface area contributed by atoms with Gasteiger partial charge in [0.15, 0.2) is 0 Å². The molecule has 0 bridgehead atoms. The predicted octanol–water partition coefficient (Wildman–Crippen LogP) is 8.02. The molecule has 0 saturated heterocycles. The van der Waals surface area contributed by atoms with Crippen molar-refractivity contribution in [2.24, 2.45) is 0 Å². The van der Waals surface area contributed by atoms with Gasteiger partial charge in [-0.15, -0.1) is 6.58 Å². The zero-order valence-electron chi connectivity index (χ0n) is 16.9. The topological polar surface area (TPSA) is 9.23 Å². The van der Waals surface area contributed by atoms with Crippen LogP contribution < -0.4 is 0 Å². The van der Waals surface area contributed by atoms with E-state index in [-0.39, 0.29) is 0 Å². The minimum Gasteiger partial charge on any atom is -0.501 e. The highest BCUT2D eigenvalue weighted by molar-refractivity contribution is 4.92. The molecule has 0 aromatic heterocycles. The van der Waals surface area contributed by atoms with E-state index < -0.39 is 0 Å². The summed E-state index contributed by atoms with van der Waals surface area (Å²) in [6.07, 6.45) is 7.09. The van der Waals surface area contributed by atoms with Crippen molar-refractivity contribution in [3.63, 3.8) is 0 Å². The number of methoxy groups -OCH3 is 1. The van der Waals surface area contributed by atoms with Gasteiger partial charge in [-0.2, -0.15) is 0 Å². The fourth-order valence-electron chi connectivity index (χ4n) is 0.734. The monoisotopic (exact) mass is 290 g/mol. The van der Waals surface area contributed by atoms with Crippen LogP contribution in [0.5, 0.6) is 0 Å². The number of rotatable bonds is 5. The molecule has 0 fully saturated rings. The molecule has 0 atom stereocenters. The van der Waals surface area contributed by atoms with Crippen LogP contribution in [0.3, 0.4) is 0 Å². The molecule has 0 radical (unpaired) electrons. The Kier molecular flexibility index (Phi) is 145. The molecule has 0 spiro atoms. The number of allylic oxidation sites excluding steroid dienone is 3. The quantitative estimate of drug-likeness (QED) is 0.283. The Balaban J connectivity index is -0.0000000412. The first kappa shape index (κ1) is 36.5. The second-order valence-corrected chi connectivity index (χ2v) is 2.09. The lowest BCUT2D eigenvalue weighted by molar-refractivity contribution is 0.279. The maximum atomic E-state index is 5.07. The molecule has 0 unspecified atom stereocenters. The molecule has 0 aliphatic heterocycles. The van der Waals surface area contributed by atoms with Gasteiger partial charge in [0.25, 0.3) is 0 Å². The Morgan fingerprint density at radius 3 is 1.35 bits per heavy atom. The summed E-state index contributed by atoms with van der Waals surface area (Å²) in [6, 6.07) is 0. The lowest BCUT2D eigenvalue weighted by atomic mass is 10.2. The van der Waals surface area contributed by atoms with Crippen LogP contribution in [-0.2, 0) is 4.74 Å². The summed E-state index contributed by atoms with van der Waals surface area (Å²) in [7, 11) is 1.71. The highest BCUT2D eigenvalue weighted by atomic mass is 16.5. The third-order valence-electron chi connectivity index (χ3n) is 1.35. The molecule has 1 nitrogen and oxygen atoms in total. The maximum Gasteiger partial charge on any atom is 0.0913 e. The molecule has 0 saturated carbocycles. The van der Waals surface area contributed by atoms with Crippen molar-refractivity contribution in [2.75, 3.05) is 7.11 Å². The van der Waals surface area contributed by atoms with E-state index in [9.17, 15) is 0 Å². The van der Waals surface area contributed by atoms with E-state index in [4.69, 9.17) is 4.74 Å². The highest BCUT2D eigenvalue weighted by Crippen LogP contribution is 2.03. The summed E-state index contributed by atoms with van der Waals surface area (Å²) in [5.74, 6) is 1.07. The second-order valence-electron chi connectivity index (χ2n) is 2.09. The highest BCUT2D eigenvalue weighted by Gasteiger charge is 1.87. The second kappa shape index (κ2) is 79.6. The average Bonchev–Trinajstić information content (AvgIpc) is 2.61. The average molecular weight is 291 g/mol. The molecular weight excluding hydrogens is 244 g/mol. The van der Waals surface area contributed by atoms with Crippen molar-refractivity contribution >= 4 is 0 Å². The summed E-state index contributed by atoms with van der Waals surface area (Å²) in [6.45, 7) is 25.7. The van der Waals surface area contributed by atoms with Crippen molar-refractivity contribution in [3.05, 3.63) is 24.5 Å². The molecule has 0 aromatic carbocycles. The Bertz CT molecular complexity index is 109. The first-order valence-electron chi connectivity index (χ1n) is 8.69. The van der Waals surface area contributed by atoms with Crippen LogP contribution >= 0.6 is 0 Å². The van der Waals surface area contributed by atoms with E-state index in [1.165, 1.54) is 0 Å². The smallest absolute Gasteiger partial charge is 0.0913 e. The molecule has 1 heteroatoms. The van der Waals surface area contributed by atoms with Crippen LogP contribution in [0.25, 0.3) is 0 Å². The van der Waals surface area contributed by atoms with E-state index in [0.717, 1.165) is 25.0 Å². The van der Waals surface area contributed by atoms with E-state index in [1.54, 1.807) is 7.11 Å². The van der Waals surface area contributed by atoms with Crippen LogP contribution in [-0.4, -0.2) is 7.11 Å². The first-order valence-corrected chi connectivity index (χ1v) is 8.69. The van der Waals surface area contributed by atoms with Gasteiger partial charge < -0.3 is 4.74 Å². The van der Waals surface area contributed by atoms with E-state index in [0.29, 0.717) is 0 Å². The maximum absolute atomic E-state index is 5.07. The number of ether oxygens (including phenoxy) is 1. The molecule has 128 valence electrons. The van der Waals surface area contributed by atoms with Gasteiger partial charge in [-0.05, 0) is 18.9 Å². The van der Waals surface area contributed by atoms with Crippen LogP contribution in [0.2, 0.25) is 0 Å². The summed E-state index contributed by atoms with van der Waals surface area (Å²) in [5, 5.41) is 0. The Labute approximate surface area is 132 Å². The lowest BCUT2D eigenvalue weighted by Crippen LogP contribution is -1.83. The van der Waals surface area contributed by atoms with Crippen molar-refractivity contribution in [1.29, 1.82) is 0 Å². The summed E-state index contributed by atoms with van der Waals surface area (Å²) in [5.41, 5.74) is 0. The molecule has 20 heavy (non-hydrogen) atoms. The summed E-state index contributed by atoms with van der Waals surface area (Å²) >= 11 is 0. The molecule has 0 heterocycles. The first-order chi connectivity index (χ1) is 9.85. The molecule has 0 amide bonds. The zero-order chi connectivity index (χ0) is 17.8. The Morgan fingerprint density at radius 1 is 0.800 bits per heavy atom. The number of unbranched alkanes of at least 4 members (excludes halogenated alkanes) is 1. The van der Waals surface area contributed by atoms with E-state index in [2.05, 4.69) is 19.6 Å². The molecule has 0 aliphatic carbocycles. The summed E-state index contributed by atoms with van der Waals surface area (Å²) in [4.78, 5) is 0. The molecule has 0 rings (SSSR count). The van der Waals surface area contributed by atoms with Crippen LogP contribution in [0, 0.1) is 0 Å². The van der Waals surface area contributed by atoms with Gasteiger partial charge in [-0.3, -0.25) is 0 Å². The predicted molar refractivity (Wildman–Crippen MR) is 102 cm³/mol. The van der Waals surface area contributed by atoms with Gasteiger partial charge in [0.1, 0.15) is 0 Å². The van der Waals surface area contributed by atoms with Gasteiger partial charge in [-0.25, -0.2) is 0 Å². The minimum atomic E-state index is 0.980. The van der Waals surface area contributed by atoms with Crippen molar-refractivity contribution in [3.8, 4) is 0 Å². The van der Waals surface area contributed by atoms with Crippen LogP contribution in [0.1, 0.15) is 95.4 Å². The number of hydrogen-bond donors (Lipinski definition) is 0. The van der Waals surface area contributed by atoms with Crippen molar-refractivity contribution in [2.45, 2.75) is 95.4 Å². The standard InChI is InChI=1S/C9H16O.5C2H6/c1-4-6-7-8-9(5-2)10-3;5*1-2/h4,8H,1,5-7H2,2-3H3;5*1-2H3/b9-8+;;;;;. The molecular formula is C19H46O. The third kappa shape index (κ3) is 66.8. The van der Waals surface area contributed by atoms with Crippen molar-refractivity contribution < 1.29 is 4.74 Å². The largest absolute Gasteiger partial charge is 0.501 e. The van der Waals surface area contributed by atoms with Crippen LogP contribution in [0.4, 0.5) is 0 Å². The Morgan fingerprint density at radius 2 is 1.15 bits per heavy atom. The van der Waals surface area contributed by atoms with E-state index >= 15 is 0 Å². The van der Waals surface area contributed by atoms with E-state index in [1.807, 2.05) is 75.3 Å². The zero-order valence-corrected chi connectivity index (χ0v) is 16.9. The minimum absolute atomic E-state index is 0.980. The van der Waals surface area contributed by atoms with Gasteiger partial charge in [0, 0.05) is 6.42 Å². The molecule has 0 aromatic rings. The third-order valence-corrected chi connectivity index (χ3v) is 1.35. The summed E-state index contributed by atoms with van der Waals surface area (Å²) < 4.78 is 5.07. The van der Waals surface area contributed by atoms with Gasteiger partial charge in [0.2, 0.25) is 0 Å². The molecule has 0 N–H and O–H groups in total. The fraction of sp³-hybridized carbons (Fsp3) is 0.789. The lowest BCUT2D eigenvalue weighted by Gasteiger charge is -2.00. The van der Waals surface area contributed by atoms with Gasteiger partial charge >= 0.3 is 0 Å². The van der Waals surface area contributed by atoms with Crippen molar-refractivity contribution in [1.82, 2.24) is 0 Å². The van der Waals surface area contributed by atoms with Crippen LogP contribution in [0.15, 0.2) is 24.5 Å². The SMILES string of the molecule is C=CCC/C=C(\CC)OC.CC.CC.CC.CC.CC.